The van der Waals surface area contributed by atoms with Gasteiger partial charge in [-0.2, -0.15) is 0 Å². The first-order valence-corrected chi connectivity index (χ1v) is 8.62. The van der Waals surface area contributed by atoms with E-state index in [1.165, 1.54) is 0 Å². The number of nitrogens with zero attached hydrogens (tertiary/aromatic N) is 2. The largest absolute Gasteiger partial charge is 0.307 e. The van der Waals surface area contributed by atoms with E-state index in [1.54, 1.807) is 10.6 Å². The van der Waals surface area contributed by atoms with Crippen molar-refractivity contribution >= 4 is 28.2 Å². The predicted octanol–water partition coefficient (Wildman–Crippen LogP) is 3.83. The standard InChI is InChI=1S/C19H18ClN3O/c20-14-9-5-10-15-17(14)19(24)23(13-7-3-1-2-4-8-13)18(22-15)16-11-6-12-21-16/h1-3,5,7-10,16,21H,4,6,11-12H2. The van der Waals surface area contributed by atoms with Crippen LogP contribution in [0.4, 0.5) is 0 Å². The number of nitrogens with one attached hydrogen (secondary N) is 1. The maximum atomic E-state index is 13.3. The first-order chi connectivity index (χ1) is 11.8. The molecule has 1 aromatic carbocycles. The Labute approximate surface area is 145 Å². The number of hydrogen-bond acceptors (Lipinski definition) is 3. The molecule has 0 bridgehead atoms. The zero-order valence-electron chi connectivity index (χ0n) is 13.2. The summed E-state index contributed by atoms with van der Waals surface area (Å²) >= 11 is 6.30. The van der Waals surface area contributed by atoms with Gasteiger partial charge in [0.1, 0.15) is 5.82 Å². The molecule has 4 rings (SSSR count). The summed E-state index contributed by atoms with van der Waals surface area (Å²) in [6.45, 7) is 0.949. The zero-order valence-corrected chi connectivity index (χ0v) is 14.0. The molecule has 2 aromatic rings. The average Bonchev–Trinajstić information content (AvgIpc) is 2.98. The van der Waals surface area contributed by atoms with E-state index in [1.807, 2.05) is 36.4 Å². The van der Waals surface area contributed by atoms with Crippen molar-refractivity contribution in [2.45, 2.75) is 25.3 Å². The molecular weight excluding hydrogens is 322 g/mol. The summed E-state index contributed by atoms with van der Waals surface area (Å²) < 4.78 is 1.72. The lowest BCUT2D eigenvalue weighted by Crippen LogP contribution is -2.29. The second-order valence-electron chi connectivity index (χ2n) is 6.05. The van der Waals surface area contributed by atoms with Gasteiger partial charge in [-0.05, 0) is 44.0 Å². The van der Waals surface area contributed by atoms with Crippen LogP contribution in [0.2, 0.25) is 5.02 Å². The minimum Gasteiger partial charge on any atom is -0.307 e. The smallest absolute Gasteiger partial charge is 0.267 e. The van der Waals surface area contributed by atoms with Gasteiger partial charge in [0.2, 0.25) is 0 Å². The second-order valence-corrected chi connectivity index (χ2v) is 6.45. The van der Waals surface area contributed by atoms with Crippen molar-refractivity contribution in [2.75, 3.05) is 6.54 Å². The van der Waals surface area contributed by atoms with Crippen LogP contribution in [0.15, 0.2) is 53.4 Å². The minimum atomic E-state index is -0.105. The van der Waals surface area contributed by atoms with Crippen molar-refractivity contribution in [3.63, 3.8) is 0 Å². The molecule has 0 spiro atoms. The number of fused-ring (bicyclic) bond motifs is 1. The van der Waals surface area contributed by atoms with E-state index in [0.29, 0.717) is 15.9 Å². The molecule has 0 amide bonds. The van der Waals surface area contributed by atoms with Crippen LogP contribution in [0.1, 0.15) is 31.1 Å². The average molecular weight is 340 g/mol. The summed E-state index contributed by atoms with van der Waals surface area (Å²) in [6.07, 6.45) is 12.9. The van der Waals surface area contributed by atoms with Gasteiger partial charge in [-0.15, -0.1) is 0 Å². The molecule has 5 heteroatoms. The van der Waals surface area contributed by atoms with Gasteiger partial charge >= 0.3 is 0 Å². The summed E-state index contributed by atoms with van der Waals surface area (Å²) in [6, 6.07) is 5.52. The van der Waals surface area contributed by atoms with Crippen LogP contribution in [0.5, 0.6) is 0 Å². The number of aromatic nitrogens is 2. The van der Waals surface area contributed by atoms with Gasteiger partial charge < -0.3 is 5.32 Å². The number of benzene rings is 1. The molecule has 1 aliphatic heterocycles. The van der Waals surface area contributed by atoms with Gasteiger partial charge in [0.15, 0.2) is 0 Å². The fourth-order valence-electron chi connectivity index (χ4n) is 3.33. The third-order valence-corrected chi connectivity index (χ3v) is 4.80. The third-order valence-electron chi connectivity index (χ3n) is 4.48. The monoisotopic (exact) mass is 339 g/mol. The van der Waals surface area contributed by atoms with Crippen molar-refractivity contribution in [3.05, 3.63) is 69.8 Å². The minimum absolute atomic E-state index is 0.0894. The lowest BCUT2D eigenvalue weighted by molar-refractivity contribution is 0.587. The quantitative estimate of drug-likeness (QED) is 0.904. The molecule has 1 aromatic heterocycles. The topological polar surface area (TPSA) is 46.9 Å². The molecule has 2 aliphatic rings. The van der Waals surface area contributed by atoms with E-state index in [4.69, 9.17) is 16.6 Å². The van der Waals surface area contributed by atoms with Crippen LogP contribution in [0.25, 0.3) is 16.6 Å². The molecule has 1 aliphatic carbocycles. The lowest BCUT2D eigenvalue weighted by Gasteiger charge is -2.19. The Bertz CT molecular complexity index is 934. The summed E-state index contributed by atoms with van der Waals surface area (Å²) in [5.41, 5.74) is 1.40. The summed E-state index contributed by atoms with van der Waals surface area (Å²) in [5, 5.41) is 4.38. The number of allylic oxidation sites excluding steroid dienone is 6. The SMILES string of the molecule is O=c1c2c(Cl)cccc2nc(C2CCCN2)n1C1=CCC=CC=C1. The highest BCUT2D eigenvalue weighted by Gasteiger charge is 2.24. The van der Waals surface area contributed by atoms with Gasteiger partial charge in [-0.25, -0.2) is 4.98 Å². The van der Waals surface area contributed by atoms with Crippen molar-refractivity contribution in [2.24, 2.45) is 0 Å². The van der Waals surface area contributed by atoms with E-state index in [0.717, 1.165) is 37.3 Å². The van der Waals surface area contributed by atoms with E-state index in [2.05, 4.69) is 11.4 Å². The van der Waals surface area contributed by atoms with Gasteiger partial charge in [0.25, 0.3) is 5.56 Å². The first-order valence-electron chi connectivity index (χ1n) is 8.24. The van der Waals surface area contributed by atoms with Crippen LogP contribution >= 0.6 is 11.6 Å². The highest BCUT2D eigenvalue weighted by molar-refractivity contribution is 6.35. The molecular formula is C19H18ClN3O. The van der Waals surface area contributed by atoms with Gasteiger partial charge in [-0.1, -0.05) is 42.0 Å². The molecule has 0 saturated carbocycles. The fraction of sp³-hybridized carbons (Fsp3) is 0.263. The van der Waals surface area contributed by atoms with E-state index < -0.39 is 0 Å². The number of rotatable bonds is 2. The molecule has 24 heavy (non-hydrogen) atoms. The molecule has 4 nitrogen and oxygen atoms in total. The molecule has 1 N–H and O–H groups in total. The molecule has 0 radical (unpaired) electrons. The summed E-state index contributed by atoms with van der Waals surface area (Å²) in [7, 11) is 0. The Balaban J connectivity index is 2.02. The fourth-order valence-corrected chi connectivity index (χ4v) is 3.58. The van der Waals surface area contributed by atoms with Crippen LogP contribution in [-0.2, 0) is 0 Å². The van der Waals surface area contributed by atoms with Crippen LogP contribution in [0.3, 0.4) is 0 Å². The first kappa shape index (κ1) is 15.4. The van der Waals surface area contributed by atoms with E-state index in [-0.39, 0.29) is 11.6 Å². The number of hydrogen-bond donors (Lipinski definition) is 1. The van der Waals surface area contributed by atoms with E-state index >= 15 is 0 Å². The Hall–Kier alpha value is -2.17. The van der Waals surface area contributed by atoms with Crippen LogP contribution in [0, 0.1) is 0 Å². The zero-order chi connectivity index (χ0) is 16.5. The molecule has 122 valence electrons. The van der Waals surface area contributed by atoms with Crippen molar-refractivity contribution in [1.82, 2.24) is 14.9 Å². The van der Waals surface area contributed by atoms with Gasteiger partial charge in [-0.3, -0.25) is 9.36 Å². The Kier molecular flexibility index (Phi) is 4.08. The van der Waals surface area contributed by atoms with Crippen LogP contribution in [-0.4, -0.2) is 16.1 Å². The van der Waals surface area contributed by atoms with Gasteiger partial charge in [0.05, 0.1) is 22.0 Å². The molecule has 1 atom stereocenters. The highest BCUT2D eigenvalue weighted by Crippen LogP contribution is 2.27. The predicted molar refractivity (Wildman–Crippen MR) is 98.2 cm³/mol. The second kappa shape index (κ2) is 6.38. The lowest BCUT2D eigenvalue weighted by atomic mass is 10.1. The molecule has 1 unspecified atom stereocenters. The Morgan fingerprint density at radius 1 is 1.29 bits per heavy atom. The Morgan fingerprint density at radius 3 is 3.04 bits per heavy atom. The van der Waals surface area contributed by atoms with Gasteiger partial charge in [0, 0.05) is 5.70 Å². The molecule has 2 heterocycles. The molecule has 1 fully saturated rings. The summed E-state index contributed by atoms with van der Waals surface area (Å²) in [4.78, 5) is 18.1. The highest BCUT2D eigenvalue weighted by atomic mass is 35.5. The third kappa shape index (κ3) is 2.62. The molecule has 1 saturated heterocycles. The van der Waals surface area contributed by atoms with E-state index in [9.17, 15) is 4.79 Å². The Morgan fingerprint density at radius 2 is 2.21 bits per heavy atom. The summed E-state index contributed by atoms with van der Waals surface area (Å²) in [5.74, 6) is 0.769. The normalized spacial score (nSPS) is 20.4. The van der Waals surface area contributed by atoms with Crippen LogP contribution < -0.4 is 10.9 Å². The van der Waals surface area contributed by atoms with Crippen molar-refractivity contribution in [1.29, 1.82) is 0 Å². The van der Waals surface area contributed by atoms with Crippen molar-refractivity contribution < 1.29 is 0 Å². The number of halogens is 1. The maximum absolute atomic E-state index is 13.3. The van der Waals surface area contributed by atoms with Crippen molar-refractivity contribution in [3.8, 4) is 0 Å². The maximum Gasteiger partial charge on any atom is 0.267 e.